The molecule has 5 nitrogen and oxygen atoms in total. The molecular weight excluding hydrogens is 302 g/mol. The lowest BCUT2D eigenvalue weighted by Crippen LogP contribution is -2.40. The van der Waals surface area contributed by atoms with Crippen LogP contribution in [0, 0.1) is 6.92 Å². The Bertz CT molecular complexity index is 690. The van der Waals surface area contributed by atoms with Gasteiger partial charge in [-0.2, -0.15) is 0 Å². The second-order valence-electron chi connectivity index (χ2n) is 6.30. The van der Waals surface area contributed by atoms with E-state index < -0.39 is 0 Å². The molecule has 24 heavy (non-hydrogen) atoms. The van der Waals surface area contributed by atoms with E-state index >= 15 is 0 Å². The number of likely N-dealkylation sites (tertiary alicyclic amines) is 1. The van der Waals surface area contributed by atoms with E-state index in [1.165, 1.54) is 5.56 Å². The number of aliphatic hydroxyl groups is 1. The Morgan fingerprint density at radius 1 is 1.29 bits per heavy atom. The van der Waals surface area contributed by atoms with Crippen LogP contribution in [0.4, 0.5) is 0 Å². The van der Waals surface area contributed by atoms with E-state index in [4.69, 9.17) is 0 Å². The van der Waals surface area contributed by atoms with Crippen molar-refractivity contribution in [2.45, 2.75) is 32.0 Å². The van der Waals surface area contributed by atoms with Crippen LogP contribution in [-0.2, 0) is 6.54 Å². The zero-order valence-corrected chi connectivity index (χ0v) is 13.9. The number of carbonyl (C=O) groups is 1. The van der Waals surface area contributed by atoms with Crippen LogP contribution in [0.1, 0.15) is 28.0 Å². The van der Waals surface area contributed by atoms with Gasteiger partial charge in [-0.1, -0.05) is 30.3 Å². The molecule has 2 unspecified atom stereocenters. The molecule has 1 amide bonds. The zero-order valence-electron chi connectivity index (χ0n) is 13.9. The first-order valence-corrected chi connectivity index (χ1v) is 8.29. The largest absolute Gasteiger partial charge is 0.392 e. The van der Waals surface area contributed by atoms with Gasteiger partial charge >= 0.3 is 0 Å². The van der Waals surface area contributed by atoms with Crippen LogP contribution < -0.4 is 5.32 Å². The summed E-state index contributed by atoms with van der Waals surface area (Å²) in [6.07, 6.45) is 2.02. The van der Waals surface area contributed by atoms with E-state index in [0.717, 1.165) is 12.2 Å². The average molecular weight is 325 g/mol. The number of hydrogen-bond donors (Lipinski definition) is 2. The third-order valence-corrected chi connectivity index (χ3v) is 4.48. The van der Waals surface area contributed by atoms with Crippen LogP contribution in [0.2, 0.25) is 0 Å². The summed E-state index contributed by atoms with van der Waals surface area (Å²) in [5, 5.41) is 13.0. The predicted molar refractivity (Wildman–Crippen MR) is 92.6 cm³/mol. The number of aliphatic hydroxyl groups excluding tert-OH is 1. The van der Waals surface area contributed by atoms with Crippen molar-refractivity contribution in [2.24, 2.45) is 0 Å². The van der Waals surface area contributed by atoms with E-state index in [-0.39, 0.29) is 18.1 Å². The summed E-state index contributed by atoms with van der Waals surface area (Å²) in [7, 11) is 0. The molecule has 1 saturated heterocycles. The first-order chi connectivity index (χ1) is 11.6. The molecule has 0 bridgehead atoms. The summed E-state index contributed by atoms with van der Waals surface area (Å²) in [6.45, 7) is 3.78. The number of nitrogens with one attached hydrogen (secondary N) is 1. The molecule has 0 spiro atoms. The molecule has 1 aromatic heterocycles. The van der Waals surface area contributed by atoms with E-state index in [1.54, 1.807) is 18.3 Å². The highest BCUT2D eigenvalue weighted by atomic mass is 16.3. The number of aromatic nitrogens is 1. The molecule has 1 aliphatic heterocycles. The maximum atomic E-state index is 12.3. The van der Waals surface area contributed by atoms with Crippen LogP contribution >= 0.6 is 0 Å². The van der Waals surface area contributed by atoms with Crippen molar-refractivity contribution in [3.05, 3.63) is 65.5 Å². The number of carbonyl (C=O) groups excluding carboxylic acids is 1. The molecule has 0 saturated carbocycles. The highest BCUT2D eigenvalue weighted by Gasteiger charge is 2.31. The van der Waals surface area contributed by atoms with Gasteiger partial charge in [0.15, 0.2) is 0 Å². The summed E-state index contributed by atoms with van der Waals surface area (Å²) < 4.78 is 0. The number of hydrogen-bond acceptors (Lipinski definition) is 4. The molecular formula is C19H23N3O2. The monoisotopic (exact) mass is 325 g/mol. The van der Waals surface area contributed by atoms with E-state index in [9.17, 15) is 9.90 Å². The fourth-order valence-corrected chi connectivity index (χ4v) is 3.21. The van der Waals surface area contributed by atoms with Crippen molar-refractivity contribution in [3.8, 4) is 0 Å². The summed E-state index contributed by atoms with van der Waals surface area (Å²) in [5.74, 6) is -0.110. The molecule has 2 heterocycles. The van der Waals surface area contributed by atoms with Crippen molar-refractivity contribution >= 4 is 5.91 Å². The molecule has 1 aliphatic rings. The fourth-order valence-electron chi connectivity index (χ4n) is 3.21. The average Bonchev–Trinajstić information content (AvgIpc) is 2.93. The minimum Gasteiger partial charge on any atom is -0.392 e. The molecule has 2 atom stereocenters. The number of nitrogens with zero attached hydrogens (tertiary/aromatic N) is 2. The van der Waals surface area contributed by atoms with Gasteiger partial charge in [0.25, 0.3) is 5.91 Å². The molecule has 0 radical (unpaired) electrons. The van der Waals surface area contributed by atoms with E-state index in [2.05, 4.69) is 27.3 Å². The van der Waals surface area contributed by atoms with Crippen LogP contribution in [0.15, 0.2) is 48.7 Å². The van der Waals surface area contributed by atoms with Crippen molar-refractivity contribution in [3.63, 3.8) is 0 Å². The first kappa shape index (κ1) is 16.6. The Hall–Kier alpha value is -2.24. The number of benzene rings is 1. The Morgan fingerprint density at radius 3 is 2.83 bits per heavy atom. The quantitative estimate of drug-likeness (QED) is 0.879. The van der Waals surface area contributed by atoms with Gasteiger partial charge in [-0.05, 0) is 31.0 Å². The zero-order chi connectivity index (χ0) is 16.9. The highest BCUT2D eigenvalue weighted by molar-refractivity contribution is 5.95. The molecule has 5 heteroatoms. The summed E-state index contributed by atoms with van der Waals surface area (Å²) in [5.41, 5.74) is 2.54. The van der Waals surface area contributed by atoms with Crippen molar-refractivity contribution < 1.29 is 9.90 Å². The molecule has 2 aromatic rings. The minimum absolute atomic E-state index is 0.110. The second-order valence-corrected chi connectivity index (χ2v) is 6.30. The van der Waals surface area contributed by atoms with E-state index in [1.807, 2.05) is 25.1 Å². The maximum Gasteiger partial charge on any atom is 0.253 e. The van der Waals surface area contributed by atoms with Gasteiger partial charge in [0.1, 0.15) is 0 Å². The smallest absolute Gasteiger partial charge is 0.253 e. The van der Waals surface area contributed by atoms with Crippen LogP contribution in [-0.4, -0.2) is 46.1 Å². The number of aryl methyl sites for hydroxylation is 1. The lowest BCUT2D eigenvalue weighted by Gasteiger charge is -2.24. The molecule has 1 aromatic carbocycles. The topological polar surface area (TPSA) is 65.5 Å². The second kappa shape index (κ2) is 7.55. The standard InChI is InChI=1S/C19H23N3O2/c1-14-18(8-5-9-20-14)19(24)21-11-16-10-17(23)13-22(16)12-15-6-3-2-4-7-15/h2-9,16-17,23H,10-13H2,1H3,(H,21,24). The van der Waals surface area contributed by atoms with E-state index in [0.29, 0.717) is 25.1 Å². The predicted octanol–water partition coefficient (Wildman–Crippen LogP) is 1.76. The lowest BCUT2D eigenvalue weighted by atomic mass is 10.1. The lowest BCUT2D eigenvalue weighted by molar-refractivity contribution is 0.0939. The van der Waals surface area contributed by atoms with Gasteiger partial charge in [-0.3, -0.25) is 14.7 Å². The Labute approximate surface area is 142 Å². The summed E-state index contributed by atoms with van der Waals surface area (Å²) >= 11 is 0. The number of β-amino-alcohol motifs (C(OH)–C–C–N with tert-alkyl or cyclic N) is 1. The molecule has 1 fully saturated rings. The van der Waals surface area contributed by atoms with Crippen molar-refractivity contribution in [1.29, 1.82) is 0 Å². The Balaban J connectivity index is 1.60. The normalized spacial score (nSPS) is 20.9. The third kappa shape index (κ3) is 3.99. The van der Waals surface area contributed by atoms with Crippen LogP contribution in [0.5, 0.6) is 0 Å². The molecule has 126 valence electrons. The SMILES string of the molecule is Cc1ncccc1C(=O)NCC1CC(O)CN1Cc1ccccc1. The maximum absolute atomic E-state index is 12.3. The molecule has 0 aliphatic carbocycles. The van der Waals surface area contributed by atoms with Gasteiger partial charge in [0.05, 0.1) is 11.7 Å². The molecule has 3 rings (SSSR count). The Kier molecular flexibility index (Phi) is 5.23. The number of amides is 1. The van der Waals surface area contributed by atoms with Gasteiger partial charge in [0.2, 0.25) is 0 Å². The van der Waals surface area contributed by atoms with Gasteiger partial charge in [-0.25, -0.2) is 0 Å². The van der Waals surface area contributed by atoms with Crippen molar-refractivity contribution in [2.75, 3.05) is 13.1 Å². The Morgan fingerprint density at radius 2 is 2.08 bits per heavy atom. The highest BCUT2D eigenvalue weighted by Crippen LogP contribution is 2.20. The van der Waals surface area contributed by atoms with Gasteiger partial charge in [0, 0.05) is 37.6 Å². The van der Waals surface area contributed by atoms with Gasteiger partial charge in [-0.15, -0.1) is 0 Å². The fraction of sp³-hybridized carbons (Fsp3) is 0.368. The summed E-state index contributed by atoms with van der Waals surface area (Å²) in [6, 6.07) is 13.9. The van der Waals surface area contributed by atoms with Crippen LogP contribution in [0.3, 0.4) is 0 Å². The third-order valence-electron chi connectivity index (χ3n) is 4.48. The molecule has 2 N–H and O–H groups in total. The minimum atomic E-state index is -0.337. The first-order valence-electron chi connectivity index (χ1n) is 8.29. The van der Waals surface area contributed by atoms with Crippen molar-refractivity contribution in [1.82, 2.24) is 15.2 Å². The summed E-state index contributed by atoms with van der Waals surface area (Å²) in [4.78, 5) is 18.7. The number of rotatable bonds is 5. The van der Waals surface area contributed by atoms with Crippen LogP contribution in [0.25, 0.3) is 0 Å². The number of pyridine rings is 1. The van der Waals surface area contributed by atoms with Gasteiger partial charge < -0.3 is 10.4 Å².